The van der Waals surface area contributed by atoms with Gasteiger partial charge < -0.3 is 14.4 Å². The molecule has 0 N–H and O–H groups in total. The molecule has 2 saturated heterocycles. The van der Waals surface area contributed by atoms with Gasteiger partial charge in [-0.1, -0.05) is 17.4 Å². The van der Waals surface area contributed by atoms with Crippen LogP contribution in [0.1, 0.15) is 17.3 Å². The van der Waals surface area contributed by atoms with E-state index in [1.807, 2.05) is 0 Å². The number of fused-ring (bicyclic) bond motifs is 1. The number of benzene rings is 2. The number of anilines is 1. The van der Waals surface area contributed by atoms with Crippen molar-refractivity contribution in [3.8, 4) is 0 Å². The molecule has 2 amide bonds. The number of morpholine rings is 1. The number of carbonyl (C=O) groups excluding carboxylic acids is 2. The standard InChI is InChI=1S/C28H35N5O8S3/c1-3-41-28(35)31-12-14-32(15-13-31)44(38,39)22-9-7-21(8-10-22)26(34)33(16-11-30-17-19-40-20-18-30)27-29-25-23(42-27)5-4-6-24(25)43(2,36)37/h4-10H,3,11-20H2,1-2H3. The number of amides is 2. The summed E-state index contributed by atoms with van der Waals surface area (Å²) in [6, 6.07) is 10.7. The van der Waals surface area contributed by atoms with Crippen LogP contribution >= 0.6 is 11.3 Å². The van der Waals surface area contributed by atoms with Crippen LogP contribution < -0.4 is 4.90 Å². The zero-order chi connectivity index (χ0) is 31.5. The van der Waals surface area contributed by atoms with Crippen LogP contribution in [0.5, 0.6) is 0 Å². The van der Waals surface area contributed by atoms with Crippen LogP contribution in [-0.2, 0) is 29.3 Å². The first-order valence-corrected chi connectivity index (χ1v) is 18.4. The molecule has 0 spiro atoms. The molecule has 2 aliphatic rings. The van der Waals surface area contributed by atoms with Gasteiger partial charge in [-0.2, -0.15) is 4.31 Å². The lowest BCUT2D eigenvalue weighted by atomic mass is 10.2. The van der Waals surface area contributed by atoms with Gasteiger partial charge in [0.2, 0.25) is 10.0 Å². The minimum Gasteiger partial charge on any atom is -0.450 e. The third kappa shape index (κ3) is 7.05. The number of aromatic nitrogens is 1. The molecule has 2 aromatic carbocycles. The molecule has 5 rings (SSSR count). The molecule has 1 aromatic heterocycles. The topological polar surface area (TPSA) is 147 Å². The number of para-hydroxylation sites is 1. The van der Waals surface area contributed by atoms with E-state index in [9.17, 15) is 26.4 Å². The Hall–Kier alpha value is -3.15. The van der Waals surface area contributed by atoms with Gasteiger partial charge >= 0.3 is 6.09 Å². The number of sulfonamides is 1. The summed E-state index contributed by atoms with van der Waals surface area (Å²) >= 11 is 1.22. The number of piperazine rings is 1. The summed E-state index contributed by atoms with van der Waals surface area (Å²) in [5.74, 6) is -0.384. The monoisotopic (exact) mass is 665 g/mol. The second-order valence-electron chi connectivity index (χ2n) is 10.4. The Kier molecular flexibility index (Phi) is 9.86. The molecule has 0 saturated carbocycles. The number of ether oxygens (including phenoxy) is 2. The van der Waals surface area contributed by atoms with Crippen molar-refractivity contribution in [3.05, 3.63) is 48.0 Å². The maximum Gasteiger partial charge on any atom is 0.409 e. The van der Waals surface area contributed by atoms with Gasteiger partial charge in [0.1, 0.15) is 5.52 Å². The van der Waals surface area contributed by atoms with Gasteiger partial charge in [-0.05, 0) is 43.3 Å². The van der Waals surface area contributed by atoms with E-state index in [0.717, 1.165) is 19.3 Å². The Bertz CT molecular complexity index is 1710. The predicted molar refractivity (Wildman–Crippen MR) is 165 cm³/mol. The van der Waals surface area contributed by atoms with Crippen molar-refractivity contribution < 1.29 is 35.9 Å². The van der Waals surface area contributed by atoms with Crippen LogP contribution in [0.4, 0.5) is 9.93 Å². The quantitative estimate of drug-likeness (QED) is 0.333. The molecule has 2 aliphatic heterocycles. The molecule has 16 heteroatoms. The summed E-state index contributed by atoms with van der Waals surface area (Å²) in [5.41, 5.74) is 0.573. The zero-order valence-electron chi connectivity index (χ0n) is 24.5. The SMILES string of the molecule is CCOC(=O)N1CCN(S(=O)(=O)c2ccc(C(=O)N(CCN3CCOCC3)c3nc4c(S(C)(=O)=O)cccc4s3)cc2)CC1. The van der Waals surface area contributed by atoms with E-state index in [4.69, 9.17) is 9.47 Å². The summed E-state index contributed by atoms with van der Waals surface area (Å²) in [5, 5.41) is 0.352. The maximum absolute atomic E-state index is 13.9. The fourth-order valence-corrected chi connectivity index (χ4v) is 8.41. The molecule has 0 atom stereocenters. The molecule has 0 bridgehead atoms. The number of hydrogen-bond donors (Lipinski definition) is 0. The van der Waals surface area contributed by atoms with Crippen LogP contribution in [0.2, 0.25) is 0 Å². The number of carbonyl (C=O) groups is 2. The molecule has 3 heterocycles. The van der Waals surface area contributed by atoms with Crippen LogP contribution in [0.3, 0.4) is 0 Å². The van der Waals surface area contributed by atoms with Crippen molar-refractivity contribution in [1.82, 2.24) is 19.1 Å². The molecule has 44 heavy (non-hydrogen) atoms. The highest BCUT2D eigenvalue weighted by Gasteiger charge is 2.31. The number of rotatable bonds is 9. The third-order valence-corrected chi connectivity index (χ3v) is 11.6. The maximum atomic E-state index is 13.9. The Balaban J connectivity index is 1.38. The Morgan fingerprint density at radius 1 is 0.977 bits per heavy atom. The minimum atomic E-state index is -3.86. The number of sulfone groups is 1. The second-order valence-corrected chi connectivity index (χ2v) is 15.3. The average Bonchev–Trinajstić information content (AvgIpc) is 3.45. The molecule has 0 unspecified atom stereocenters. The van der Waals surface area contributed by atoms with E-state index in [-0.39, 0.29) is 60.6 Å². The van der Waals surface area contributed by atoms with Crippen molar-refractivity contribution in [1.29, 1.82) is 0 Å². The normalized spacial score (nSPS) is 17.1. The first-order chi connectivity index (χ1) is 21.0. The predicted octanol–water partition coefficient (Wildman–Crippen LogP) is 2.14. The van der Waals surface area contributed by atoms with E-state index >= 15 is 0 Å². The van der Waals surface area contributed by atoms with E-state index in [1.54, 1.807) is 19.1 Å². The van der Waals surface area contributed by atoms with E-state index in [0.29, 0.717) is 35.1 Å². The molecule has 0 radical (unpaired) electrons. The van der Waals surface area contributed by atoms with Crippen LogP contribution in [0, 0.1) is 0 Å². The summed E-state index contributed by atoms with van der Waals surface area (Å²) in [4.78, 5) is 35.8. The van der Waals surface area contributed by atoms with Gasteiger partial charge in [0.25, 0.3) is 5.91 Å². The Labute approximate surface area is 260 Å². The molecule has 2 fully saturated rings. The smallest absolute Gasteiger partial charge is 0.409 e. The Morgan fingerprint density at radius 3 is 2.30 bits per heavy atom. The highest BCUT2D eigenvalue weighted by Crippen LogP contribution is 2.33. The Morgan fingerprint density at radius 2 is 1.66 bits per heavy atom. The third-order valence-electron chi connectivity index (χ3n) is 7.49. The summed E-state index contributed by atoms with van der Waals surface area (Å²) < 4.78 is 63.9. The van der Waals surface area contributed by atoms with Crippen molar-refractivity contribution in [3.63, 3.8) is 0 Å². The van der Waals surface area contributed by atoms with Crippen LogP contribution in [0.15, 0.2) is 52.3 Å². The lowest BCUT2D eigenvalue weighted by molar-refractivity contribution is 0.0391. The van der Waals surface area contributed by atoms with Crippen LogP contribution in [-0.4, -0.2) is 126 Å². The van der Waals surface area contributed by atoms with Crippen molar-refractivity contribution in [2.75, 3.05) is 83.3 Å². The van der Waals surface area contributed by atoms with E-state index < -0.39 is 26.0 Å². The minimum absolute atomic E-state index is 0.0382. The number of thiazole rings is 1. The molecule has 13 nitrogen and oxygen atoms in total. The van der Waals surface area contributed by atoms with Crippen LogP contribution in [0.25, 0.3) is 10.2 Å². The second kappa shape index (κ2) is 13.5. The molecule has 238 valence electrons. The molecular formula is C28H35N5O8S3. The zero-order valence-corrected chi connectivity index (χ0v) is 27.0. The van der Waals surface area contributed by atoms with Gasteiger partial charge in [0, 0.05) is 64.2 Å². The first-order valence-electron chi connectivity index (χ1n) is 14.2. The van der Waals surface area contributed by atoms with Gasteiger partial charge in [-0.3, -0.25) is 14.6 Å². The molecule has 3 aromatic rings. The van der Waals surface area contributed by atoms with E-state index in [2.05, 4.69) is 9.88 Å². The van der Waals surface area contributed by atoms with Crippen molar-refractivity contribution in [2.45, 2.75) is 16.7 Å². The van der Waals surface area contributed by atoms with E-state index in [1.165, 1.54) is 55.8 Å². The van der Waals surface area contributed by atoms with Gasteiger partial charge in [0.05, 0.1) is 34.3 Å². The molecular weight excluding hydrogens is 631 g/mol. The molecule has 0 aliphatic carbocycles. The van der Waals surface area contributed by atoms with Gasteiger partial charge in [-0.25, -0.2) is 26.6 Å². The van der Waals surface area contributed by atoms with Gasteiger partial charge in [-0.15, -0.1) is 0 Å². The van der Waals surface area contributed by atoms with Crippen molar-refractivity contribution in [2.24, 2.45) is 0 Å². The number of nitrogens with zero attached hydrogens (tertiary/aromatic N) is 5. The highest BCUT2D eigenvalue weighted by atomic mass is 32.2. The fraction of sp³-hybridized carbons (Fsp3) is 0.464. The summed E-state index contributed by atoms with van der Waals surface area (Å²) in [6.07, 6.45) is 0.657. The lowest BCUT2D eigenvalue weighted by Crippen LogP contribution is -2.50. The lowest BCUT2D eigenvalue weighted by Gasteiger charge is -2.33. The average molecular weight is 666 g/mol. The number of hydrogen-bond acceptors (Lipinski definition) is 11. The summed E-state index contributed by atoms with van der Waals surface area (Å²) in [7, 11) is -7.40. The van der Waals surface area contributed by atoms with Gasteiger partial charge in [0.15, 0.2) is 15.0 Å². The first kappa shape index (κ1) is 32.2. The van der Waals surface area contributed by atoms with Crippen molar-refractivity contribution >= 4 is 58.5 Å². The highest BCUT2D eigenvalue weighted by molar-refractivity contribution is 7.91. The fourth-order valence-electron chi connectivity index (χ4n) is 5.08. The summed E-state index contributed by atoms with van der Waals surface area (Å²) in [6.45, 7) is 6.13. The largest absolute Gasteiger partial charge is 0.450 e.